The Morgan fingerprint density at radius 3 is 2.43 bits per heavy atom. The van der Waals surface area contributed by atoms with Gasteiger partial charge in [0.05, 0.1) is 4.92 Å². The third-order valence-corrected chi connectivity index (χ3v) is 5.56. The third kappa shape index (κ3) is 5.17. The van der Waals surface area contributed by atoms with Gasteiger partial charge in [-0.3, -0.25) is 25.0 Å². The van der Waals surface area contributed by atoms with Crippen molar-refractivity contribution in [1.82, 2.24) is 5.32 Å². The number of carbonyl (C=O) groups excluding carboxylic acids is 2. The molecule has 0 saturated heterocycles. The number of fused-ring (bicyclic) bond motifs is 1. The van der Waals surface area contributed by atoms with Crippen molar-refractivity contribution in [2.45, 2.75) is 13.8 Å². The zero-order valence-corrected chi connectivity index (χ0v) is 19.6. The van der Waals surface area contributed by atoms with Crippen LogP contribution in [0, 0.1) is 24.0 Å². The van der Waals surface area contributed by atoms with Crippen LogP contribution in [0.1, 0.15) is 32.0 Å². The molecule has 10 heteroatoms. The molecule has 176 valence electrons. The highest BCUT2D eigenvalue weighted by atomic mass is 32.1. The lowest BCUT2D eigenvalue weighted by atomic mass is 10.1. The lowest BCUT2D eigenvalue weighted by molar-refractivity contribution is -0.385. The van der Waals surface area contributed by atoms with Crippen LogP contribution in [0.25, 0.3) is 11.0 Å². The summed E-state index contributed by atoms with van der Waals surface area (Å²) in [6.45, 7) is 3.32. The predicted molar refractivity (Wildman–Crippen MR) is 137 cm³/mol. The number of amides is 2. The Balaban J connectivity index is 1.41. The van der Waals surface area contributed by atoms with E-state index in [4.69, 9.17) is 16.6 Å². The molecule has 9 nitrogen and oxygen atoms in total. The zero-order chi connectivity index (χ0) is 25.1. The van der Waals surface area contributed by atoms with E-state index in [0.717, 1.165) is 10.9 Å². The fraction of sp³-hybridized carbons (Fsp3) is 0.0800. The number of hydrogen-bond acceptors (Lipinski definition) is 6. The fourth-order valence-corrected chi connectivity index (χ4v) is 3.77. The van der Waals surface area contributed by atoms with Gasteiger partial charge in [-0.15, -0.1) is 0 Å². The van der Waals surface area contributed by atoms with E-state index in [1.165, 1.54) is 25.1 Å². The molecule has 0 spiro atoms. The molecule has 0 aliphatic carbocycles. The number of nitrogens with zero attached hydrogens (tertiary/aromatic N) is 1. The summed E-state index contributed by atoms with van der Waals surface area (Å²) < 4.78 is 5.60. The quantitative estimate of drug-likeness (QED) is 0.197. The van der Waals surface area contributed by atoms with E-state index in [1.807, 2.05) is 25.1 Å². The van der Waals surface area contributed by atoms with Crippen LogP contribution in [0.3, 0.4) is 0 Å². The molecule has 1 aromatic heterocycles. The number of carbonyl (C=O) groups is 2. The molecule has 0 saturated carbocycles. The number of nitro groups is 1. The van der Waals surface area contributed by atoms with Gasteiger partial charge in [0.25, 0.3) is 17.5 Å². The number of furan rings is 1. The molecule has 1 heterocycles. The first-order chi connectivity index (χ1) is 16.7. The fourth-order valence-electron chi connectivity index (χ4n) is 3.56. The highest BCUT2D eigenvalue weighted by Gasteiger charge is 2.19. The van der Waals surface area contributed by atoms with Crippen LogP contribution in [-0.4, -0.2) is 21.9 Å². The minimum absolute atomic E-state index is 0.0272. The van der Waals surface area contributed by atoms with Crippen LogP contribution >= 0.6 is 12.2 Å². The molecule has 0 atom stereocenters. The van der Waals surface area contributed by atoms with Crippen LogP contribution in [0.15, 0.2) is 71.1 Å². The number of nitrogens with one attached hydrogen (secondary N) is 3. The van der Waals surface area contributed by atoms with Crippen LogP contribution in [0.5, 0.6) is 0 Å². The molecule has 0 unspecified atom stereocenters. The maximum absolute atomic E-state index is 12.6. The van der Waals surface area contributed by atoms with E-state index in [0.29, 0.717) is 17.0 Å². The molecule has 2 amide bonds. The zero-order valence-electron chi connectivity index (χ0n) is 18.7. The molecule has 0 fully saturated rings. The van der Waals surface area contributed by atoms with Gasteiger partial charge in [0.15, 0.2) is 10.9 Å². The molecule has 0 radical (unpaired) electrons. The molecule has 4 rings (SSSR count). The summed E-state index contributed by atoms with van der Waals surface area (Å²) >= 11 is 5.22. The number of hydrogen-bond donors (Lipinski definition) is 3. The van der Waals surface area contributed by atoms with Crippen molar-refractivity contribution >= 4 is 57.2 Å². The molecule has 3 N–H and O–H groups in total. The van der Waals surface area contributed by atoms with Gasteiger partial charge in [0, 0.05) is 34.0 Å². The van der Waals surface area contributed by atoms with Gasteiger partial charge in [-0.05, 0) is 68.0 Å². The van der Waals surface area contributed by atoms with Crippen LogP contribution in [0.4, 0.5) is 17.1 Å². The minimum atomic E-state index is -0.560. The second-order valence-electron chi connectivity index (χ2n) is 7.75. The average molecular weight is 489 g/mol. The van der Waals surface area contributed by atoms with Gasteiger partial charge in [-0.1, -0.05) is 24.3 Å². The van der Waals surface area contributed by atoms with Crippen molar-refractivity contribution in [1.29, 1.82) is 0 Å². The number of thiocarbonyl (C=S) groups is 1. The Morgan fingerprint density at radius 1 is 0.943 bits per heavy atom. The van der Waals surface area contributed by atoms with Gasteiger partial charge < -0.3 is 15.1 Å². The van der Waals surface area contributed by atoms with E-state index >= 15 is 0 Å². The smallest absolute Gasteiger partial charge is 0.291 e. The Hall–Kier alpha value is -4.57. The Labute approximate surface area is 205 Å². The number of benzene rings is 3. The molecular formula is C25H20N4O5S. The van der Waals surface area contributed by atoms with Gasteiger partial charge in [-0.2, -0.15) is 0 Å². The van der Waals surface area contributed by atoms with Gasteiger partial charge in [0.2, 0.25) is 0 Å². The molecule has 0 bridgehead atoms. The summed E-state index contributed by atoms with van der Waals surface area (Å²) in [5.74, 6) is -0.733. The molecule has 3 aromatic carbocycles. The van der Waals surface area contributed by atoms with Crippen molar-refractivity contribution in [2.75, 3.05) is 10.6 Å². The topological polar surface area (TPSA) is 127 Å². The summed E-state index contributed by atoms with van der Waals surface area (Å²) in [7, 11) is 0. The van der Waals surface area contributed by atoms with E-state index in [1.54, 1.807) is 30.3 Å². The molecule has 0 aliphatic heterocycles. The molecule has 4 aromatic rings. The first-order valence-corrected chi connectivity index (χ1v) is 10.9. The first-order valence-electron chi connectivity index (χ1n) is 10.5. The van der Waals surface area contributed by atoms with Gasteiger partial charge in [0.1, 0.15) is 5.58 Å². The summed E-state index contributed by atoms with van der Waals surface area (Å²) in [6, 6.07) is 18.5. The molecule has 0 aliphatic rings. The van der Waals surface area contributed by atoms with Crippen molar-refractivity contribution in [2.24, 2.45) is 0 Å². The average Bonchev–Trinajstić information content (AvgIpc) is 3.25. The Morgan fingerprint density at radius 2 is 1.71 bits per heavy atom. The number of aryl methyl sites for hydroxylation is 1. The predicted octanol–water partition coefficient (Wildman–Crippen LogP) is 5.34. The van der Waals surface area contributed by atoms with Crippen LogP contribution < -0.4 is 16.0 Å². The molecule has 35 heavy (non-hydrogen) atoms. The summed E-state index contributed by atoms with van der Waals surface area (Å²) in [4.78, 5) is 35.8. The number of nitro benzene ring substituents is 1. The Bertz CT molecular complexity index is 1460. The number of anilines is 2. The number of para-hydroxylation sites is 1. The summed E-state index contributed by atoms with van der Waals surface area (Å²) in [6.07, 6.45) is 0. The number of rotatable bonds is 5. The summed E-state index contributed by atoms with van der Waals surface area (Å²) in [5.41, 5.74) is 2.81. The van der Waals surface area contributed by atoms with E-state index in [-0.39, 0.29) is 33.6 Å². The second kappa shape index (κ2) is 9.74. The van der Waals surface area contributed by atoms with Crippen molar-refractivity contribution < 1.29 is 18.9 Å². The second-order valence-corrected chi connectivity index (χ2v) is 8.16. The van der Waals surface area contributed by atoms with Crippen molar-refractivity contribution in [3.05, 3.63) is 99.3 Å². The lowest BCUT2D eigenvalue weighted by Crippen LogP contribution is -2.34. The lowest BCUT2D eigenvalue weighted by Gasteiger charge is -2.13. The normalized spacial score (nSPS) is 10.6. The maximum atomic E-state index is 12.6. The van der Waals surface area contributed by atoms with E-state index in [2.05, 4.69) is 16.0 Å². The van der Waals surface area contributed by atoms with Crippen LogP contribution in [0.2, 0.25) is 0 Å². The van der Waals surface area contributed by atoms with E-state index < -0.39 is 10.8 Å². The highest BCUT2D eigenvalue weighted by Crippen LogP contribution is 2.24. The highest BCUT2D eigenvalue weighted by molar-refractivity contribution is 7.80. The van der Waals surface area contributed by atoms with Crippen molar-refractivity contribution in [3.63, 3.8) is 0 Å². The first kappa shape index (κ1) is 23.6. The summed E-state index contributed by atoms with van der Waals surface area (Å²) in [5, 5.41) is 20.2. The van der Waals surface area contributed by atoms with Gasteiger partial charge in [-0.25, -0.2) is 0 Å². The minimum Gasteiger partial charge on any atom is -0.451 e. The third-order valence-electron chi connectivity index (χ3n) is 5.36. The standard InChI is InChI=1S/C25H20N4O5S/c1-14-12-17(26-25(35)28-23(30)18-7-5-8-20(15(18)2)29(32)33)10-11-19(14)27-24(31)22-13-16-6-3-4-9-21(16)34-22/h3-13H,1-2H3,(H,27,31)(H2,26,28,30,35). The molecular weight excluding hydrogens is 468 g/mol. The Kier molecular flexibility index (Phi) is 6.56. The monoisotopic (exact) mass is 488 g/mol. The van der Waals surface area contributed by atoms with Crippen LogP contribution in [-0.2, 0) is 0 Å². The maximum Gasteiger partial charge on any atom is 0.291 e. The largest absolute Gasteiger partial charge is 0.451 e. The van der Waals surface area contributed by atoms with E-state index in [9.17, 15) is 19.7 Å². The van der Waals surface area contributed by atoms with Gasteiger partial charge >= 0.3 is 0 Å². The SMILES string of the molecule is Cc1cc(NC(=S)NC(=O)c2cccc([N+](=O)[O-])c2C)ccc1NC(=O)c1cc2ccccc2o1. The van der Waals surface area contributed by atoms with Crippen molar-refractivity contribution in [3.8, 4) is 0 Å².